The Morgan fingerprint density at radius 3 is 2.78 bits per heavy atom. The lowest BCUT2D eigenvalue weighted by Gasteiger charge is -2.07. The highest BCUT2D eigenvalue weighted by Crippen LogP contribution is 2.34. The molecule has 3 rings (SSSR count). The van der Waals surface area contributed by atoms with E-state index in [1.54, 1.807) is 42.5 Å². The molecule has 0 saturated carbocycles. The predicted molar refractivity (Wildman–Crippen MR) is 85.6 cm³/mol. The van der Waals surface area contributed by atoms with Crippen LogP contribution in [0.2, 0.25) is 0 Å². The SMILES string of the molecule is O=C(COC(=O)c1cccc(Br)c1)Nc1ccc2c(c1)OCO2. The van der Waals surface area contributed by atoms with Crippen LogP contribution in [0.3, 0.4) is 0 Å². The number of carbonyl (C=O) groups is 2. The van der Waals surface area contributed by atoms with Crippen LogP contribution in [0.1, 0.15) is 10.4 Å². The van der Waals surface area contributed by atoms with Crippen molar-refractivity contribution in [2.45, 2.75) is 0 Å². The van der Waals surface area contributed by atoms with Gasteiger partial charge in [0.15, 0.2) is 18.1 Å². The minimum absolute atomic E-state index is 0.164. The van der Waals surface area contributed by atoms with E-state index in [-0.39, 0.29) is 13.4 Å². The zero-order valence-electron chi connectivity index (χ0n) is 11.9. The summed E-state index contributed by atoms with van der Waals surface area (Å²) in [7, 11) is 0. The maximum absolute atomic E-state index is 11.8. The number of benzene rings is 2. The number of hydrogen-bond acceptors (Lipinski definition) is 5. The van der Waals surface area contributed by atoms with Gasteiger partial charge < -0.3 is 19.5 Å². The van der Waals surface area contributed by atoms with E-state index in [4.69, 9.17) is 14.2 Å². The molecule has 1 amide bonds. The highest BCUT2D eigenvalue weighted by atomic mass is 79.9. The second-order valence-electron chi connectivity index (χ2n) is 4.70. The van der Waals surface area contributed by atoms with E-state index in [1.165, 1.54) is 0 Å². The third-order valence-electron chi connectivity index (χ3n) is 3.05. The van der Waals surface area contributed by atoms with Crippen LogP contribution in [0.25, 0.3) is 0 Å². The largest absolute Gasteiger partial charge is 0.454 e. The molecule has 0 bridgehead atoms. The molecule has 7 heteroatoms. The number of hydrogen-bond donors (Lipinski definition) is 1. The monoisotopic (exact) mass is 377 g/mol. The number of ether oxygens (including phenoxy) is 3. The second kappa shape index (κ2) is 6.70. The van der Waals surface area contributed by atoms with Gasteiger partial charge in [-0.2, -0.15) is 0 Å². The van der Waals surface area contributed by atoms with E-state index in [9.17, 15) is 9.59 Å². The molecule has 1 heterocycles. The number of anilines is 1. The Morgan fingerprint density at radius 1 is 1.13 bits per heavy atom. The normalized spacial score (nSPS) is 11.9. The molecule has 6 nitrogen and oxygen atoms in total. The van der Waals surface area contributed by atoms with E-state index in [2.05, 4.69) is 21.2 Å². The number of amides is 1. The molecular weight excluding hydrogens is 366 g/mol. The molecule has 0 radical (unpaired) electrons. The summed E-state index contributed by atoms with van der Waals surface area (Å²) >= 11 is 3.27. The first-order valence-electron chi connectivity index (χ1n) is 6.74. The maximum atomic E-state index is 11.8. The molecule has 2 aromatic rings. The van der Waals surface area contributed by atoms with Gasteiger partial charge in [0.05, 0.1) is 5.56 Å². The summed E-state index contributed by atoms with van der Waals surface area (Å²) in [5, 5.41) is 2.63. The van der Waals surface area contributed by atoms with Crippen molar-refractivity contribution in [2.75, 3.05) is 18.7 Å². The number of rotatable bonds is 4. The van der Waals surface area contributed by atoms with E-state index in [1.807, 2.05) is 0 Å². The first-order valence-corrected chi connectivity index (χ1v) is 7.53. The van der Waals surface area contributed by atoms with Crippen LogP contribution >= 0.6 is 15.9 Å². The summed E-state index contributed by atoms with van der Waals surface area (Å²) in [4.78, 5) is 23.7. The van der Waals surface area contributed by atoms with Gasteiger partial charge in [0.1, 0.15) is 0 Å². The lowest BCUT2D eigenvalue weighted by molar-refractivity contribution is -0.119. The van der Waals surface area contributed by atoms with Crippen molar-refractivity contribution in [1.29, 1.82) is 0 Å². The smallest absolute Gasteiger partial charge is 0.338 e. The molecule has 0 aliphatic carbocycles. The minimum Gasteiger partial charge on any atom is -0.454 e. The average Bonchev–Trinajstić information content (AvgIpc) is 3.00. The van der Waals surface area contributed by atoms with Gasteiger partial charge >= 0.3 is 5.97 Å². The van der Waals surface area contributed by atoms with E-state index >= 15 is 0 Å². The number of halogens is 1. The third kappa shape index (κ3) is 3.81. The van der Waals surface area contributed by atoms with E-state index in [0.29, 0.717) is 22.7 Å². The molecular formula is C16H12BrNO5. The summed E-state index contributed by atoms with van der Waals surface area (Å²) in [6.07, 6.45) is 0. The first-order chi connectivity index (χ1) is 11.1. The van der Waals surface area contributed by atoms with Crippen LogP contribution in [0, 0.1) is 0 Å². The fraction of sp³-hybridized carbons (Fsp3) is 0.125. The summed E-state index contributed by atoms with van der Waals surface area (Å²) in [5.74, 6) is 0.192. The molecule has 0 fully saturated rings. The highest BCUT2D eigenvalue weighted by molar-refractivity contribution is 9.10. The zero-order chi connectivity index (χ0) is 16.2. The van der Waals surface area contributed by atoms with Gasteiger partial charge in [-0.1, -0.05) is 22.0 Å². The van der Waals surface area contributed by atoms with Crippen LogP contribution in [-0.4, -0.2) is 25.3 Å². The number of fused-ring (bicyclic) bond motifs is 1. The highest BCUT2D eigenvalue weighted by Gasteiger charge is 2.15. The Morgan fingerprint density at radius 2 is 1.96 bits per heavy atom. The molecule has 1 N–H and O–H groups in total. The van der Waals surface area contributed by atoms with Gasteiger partial charge in [0, 0.05) is 16.2 Å². The van der Waals surface area contributed by atoms with Gasteiger partial charge in [-0.15, -0.1) is 0 Å². The van der Waals surface area contributed by atoms with Crippen molar-refractivity contribution in [1.82, 2.24) is 0 Å². The standard InChI is InChI=1S/C16H12BrNO5/c17-11-3-1-2-10(6-11)16(20)21-8-15(19)18-12-4-5-13-14(7-12)23-9-22-13/h1-7H,8-9H2,(H,18,19). The van der Waals surface area contributed by atoms with Crippen LogP contribution in [-0.2, 0) is 9.53 Å². The van der Waals surface area contributed by atoms with Gasteiger partial charge in [-0.25, -0.2) is 4.79 Å². The van der Waals surface area contributed by atoms with Crippen molar-refractivity contribution in [3.05, 3.63) is 52.5 Å². The van der Waals surface area contributed by atoms with Crippen molar-refractivity contribution < 1.29 is 23.8 Å². The second-order valence-corrected chi connectivity index (χ2v) is 5.62. The van der Waals surface area contributed by atoms with Crippen LogP contribution < -0.4 is 14.8 Å². The third-order valence-corrected chi connectivity index (χ3v) is 3.54. The minimum atomic E-state index is -0.563. The summed E-state index contributed by atoms with van der Waals surface area (Å²) < 4.78 is 16.2. The molecule has 2 aromatic carbocycles. The quantitative estimate of drug-likeness (QED) is 0.829. The number of nitrogens with one attached hydrogen (secondary N) is 1. The molecule has 1 aliphatic heterocycles. The molecule has 0 saturated heterocycles. The topological polar surface area (TPSA) is 73.9 Å². The van der Waals surface area contributed by atoms with Crippen molar-refractivity contribution in [3.8, 4) is 11.5 Å². The fourth-order valence-electron chi connectivity index (χ4n) is 2.00. The predicted octanol–water partition coefficient (Wildman–Crippen LogP) is 2.97. The Hall–Kier alpha value is -2.54. The van der Waals surface area contributed by atoms with Crippen molar-refractivity contribution in [3.63, 3.8) is 0 Å². The molecule has 0 atom stereocenters. The lowest BCUT2D eigenvalue weighted by atomic mass is 10.2. The molecule has 0 spiro atoms. The molecule has 0 unspecified atom stereocenters. The zero-order valence-corrected chi connectivity index (χ0v) is 13.5. The van der Waals surface area contributed by atoms with E-state index < -0.39 is 11.9 Å². The molecule has 23 heavy (non-hydrogen) atoms. The van der Waals surface area contributed by atoms with Gasteiger partial charge in [-0.3, -0.25) is 4.79 Å². The maximum Gasteiger partial charge on any atom is 0.338 e. The Bertz CT molecular complexity index is 762. The van der Waals surface area contributed by atoms with Crippen molar-refractivity contribution >= 4 is 33.5 Å². The van der Waals surface area contributed by atoms with Crippen LogP contribution in [0.15, 0.2) is 46.9 Å². The van der Waals surface area contributed by atoms with Crippen molar-refractivity contribution in [2.24, 2.45) is 0 Å². The number of esters is 1. The average molecular weight is 378 g/mol. The van der Waals surface area contributed by atoms with Crippen LogP contribution in [0.4, 0.5) is 5.69 Å². The Balaban J connectivity index is 1.54. The first kappa shape index (κ1) is 15.4. The Labute approximate surface area is 140 Å². The van der Waals surface area contributed by atoms with E-state index in [0.717, 1.165) is 4.47 Å². The molecule has 1 aliphatic rings. The summed E-state index contributed by atoms with van der Waals surface area (Å²) in [6.45, 7) is -0.212. The van der Waals surface area contributed by atoms with Crippen LogP contribution in [0.5, 0.6) is 11.5 Å². The Kier molecular flexibility index (Phi) is 4.47. The molecule has 118 valence electrons. The summed E-state index contributed by atoms with van der Waals surface area (Å²) in [5.41, 5.74) is 0.910. The fourth-order valence-corrected chi connectivity index (χ4v) is 2.40. The van der Waals surface area contributed by atoms with Gasteiger partial charge in [0.2, 0.25) is 6.79 Å². The van der Waals surface area contributed by atoms with Gasteiger partial charge in [-0.05, 0) is 30.3 Å². The molecule has 0 aromatic heterocycles. The number of carbonyl (C=O) groups excluding carboxylic acids is 2. The lowest BCUT2D eigenvalue weighted by Crippen LogP contribution is -2.20. The summed E-state index contributed by atoms with van der Waals surface area (Å²) in [6, 6.07) is 11.8. The van der Waals surface area contributed by atoms with Gasteiger partial charge in [0.25, 0.3) is 5.91 Å².